The maximum Gasteiger partial charge on any atom is 0.277 e. The van der Waals surface area contributed by atoms with Crippen molar-refractivity contribution in [1.82, 2.24) is 0 Å². The monoisotopic (exact) mass is 356 g/mol. The number of aliphatic hydroxyl groups is 4. The quantitative estimate of drug-likeness (QED) is 0.525. The normalized spacial score (nSPS) is 37.1. The predicted molar refractivity (Wildman–Crippen MR) is 92.7 cm³/mol. The van der Waals surface area contributed by atoms with Gasteiger partial charge in [-0.3, -0.25) is 0 Å². The van der Waals surface area contributed by atoms with Crippen LogP contribution < -0.4 is 9.47 Å². The van der Waals surface area contributed by atoms with Crippen LogP contribution >= 0.6 is 0 Å². The van der Waals surface area contributed by atoms with E-state index in [0.717, 1.165) is 10.8 Å². The molecular formula is C20H20O6. The first kappa shape index (κ1) is 16.1. The highest BCUT2D eigenvalue weighted by atomic mass is 16.7. The highest BCUT2D eigenvalue weighted by Gasteiger charge is 2.60. The fraction of sp³-hybridized carbons (Fsp3) is 0.400. The second-order valence-electron chi connectivity index (χ2n) is 7.35. The maximum atomic E-state index is 10.7. The second-order valence-corrected chi connectivity index (χ2v) is 7.35. The lowest BCUT2D eigenvalue weighted by Gasteiger charge is -2.53. The summed E-state index contributed by atoms with van der Waals surface area (Å²) in [6.45, 7) is 0. The minimum atomic E-state index is -1.41. The molecule has 4 N–H and O–H groups in total. The molecule has 26 heavy (non-hydrogen) atoms. The summed E-state index contributed by atoms with van der Waals surface area (Å²) in [5.41, 5.74) is 0. The summed E-state index contributed by atoms with van der Waals surface area (Å²) in [6, 6.07) is 11.3. The van der Waals surface area contributed by atoms with Crippen molar-refractivity contribution in [3.8, 4) is 11.5 Å². The third-order valence-corrected chi connectivity index (χ3v) is 5.86. The molecule has 136 valence electrons. The first-order valence-corrected chi connectivity index (χ1v) is 8.81. The van der Waals surface area contributed by atoms with Gasteiger partial charge in [0.15, 0.2) is 0 Å². The standard InChI is InChI=1S/C20H20O6/c21-11-7-8-20(18-17(11)12(22)9-13(23)19(18)24)25-14-5-1-3-10-4-2-6-15(26-20)16(10)14/h1-8,11-13,17-19,21-24H,9H2/t11-,12+,13+,17-,18+,19-/m1/s1. The molecule has 3 aliphatic rings. The summed E-state index contributed by atoms with van der Waals surface area (Å²) in [7, 11) is 0. The van der Waals surface area contributed by atoms with Crippen LogP contribution in [0.3, 0.4) is 0 Å². The highest BCUT2D eigenvalue weighted by molar-refractivity contribution is 5.94. The van der Waals surface area contributed by atoms with Crippen LogP contribution in [0.15, 0.2) is 48.6 Å². The minimum absolute atomic E-state index is 0.00448. The first-order chi connectivity index (χ1) is 12.5. The molecule has 2 aromatic carbocycles. The van der Waals surface area contributed by atoms with Crippen LogP contribution in [-0.4, -0.2) is 50.6 Å². The molecule has 2 aromatic rings. The fourth-order valence-electron chi connectivity index (χ4n) is 4.68. The summed E-state index contributed by atoms with van der Waals surface area (Å²) in [5, 5.41) is 43.6. The van der Waals surface area contributed by atoms with E-state index in [1.165, 1.54) is 6.08 Å². The van der Waals surface area contributed by atoms with Crippen LogP contribution in [0.2, 0.25) is 0 Å². The Balaban J connectivity index is 1.68. The van der Waals surface area contributed by atoms with Crippen LogP contribution in [0.1, 0.15) is 6.42 Å². The zero-order valence-electron chi connectivity index (χ0n) is 13.9. The molecule has 1 spiro atoms. The molecule has 0 bridgehead atoms. The summed E-state index contributed by atoms with van der Waals surface area (Å²) in [4.78, 5) is 0. The van der Waals surface area contributed by atoms with Gasteiger partial charge in [-0.1, -0.05) is 30.3 Å². The number of benzene rings is 2. The van der Waals surface area contributed by atoms with E-state index in [0.29, 0.717) is 11.5 Å². The van der Waals surface area contributed by atoms with Crippen LogP contribution in [-0.2, 0) is 0 Å². The minimum Gasteiger partial charge on any atom is -0.448 e. The van der Waals surface area contributed by atoms with Crippen molar-refractivity contribution in [2.45, 2.75) is 36.6 Å². The Morgan fingerprint density at radius 1 is 0.885 bits per heavy atom. The molecule has 6 atom stereocenters. The van der Waals surface area contributed by atoms with E-state index in [1.807, 2.05) is 36.4 Å². The molecule has 1 saturated carbocycles. The number of hydrogen-bond acceptors (Lipinski definition) is 6. The van der Waals surface area contributed by atoms with Gasteiger partial charge in [0.25, 0.3) is 5.79 Å². The third-order valence-electron chi connectivity index (χ3n) is 5.86. The van der Waals surface area contributed by atoms with E-state index in [2.05, 4.69) is 0 Å². The zero-order valence-corrected chi connectivity index (χ0v) is 13.9. The molecule has 0 amide bonds. The highest BCUT2D eigenvalue weighted by Crippen LogP contribution is 2.51. The van der Waals surface area contributed by atoms with Crippen LogP contribution in [0, 0.1) is 11.8 Å². The Morgan fingerprint density at radius 3 is 2.19 bits per heavy atom. The maximum absolute atomic E-state index is 10.7. The van der Waals surface area contributed by atoms with Gasteiger partial charge in [0.2, 0.25) is 0 Å². The summed E-state index contributed by atoms with van der Waals surface area (Å²) in [5.74, 6) is -1.74. The van der Waals surface area contributed by atoms with Gasteiger partial charge in [-0.2, -0.15) is 0 Å². The van der Waals surface area contributed by atoms with Crippen molar-refractivity contribution < 1.29 is 29.9 Å². The molecule has 0 aromatic heterocycles. The van der Waals surface area contributed by atoms with E-state index >= 15 is 0 Å². The molecule has 6 heteroatoms. The number of ether oxygens (including phenoxy) is 2. The fourth-order valence-corrected chi connectivity index (χ4v) is 4.68. The van der Waals surface area contributed by atoms with E-state index < -0.39 is 42.0 Å². The molecule has 0 unspecified atom stereocenters. The Morgan fingerprint density at radius 2 is 1.54 bits per heavy atom. The lowest BCUT2D eigenvalue weighted by molar-refractivity contribution is -0.236. The van der Waals surface area contributed by atoms with Crippen LogP contribution in [0.25, 0.3) is 10.8 Å². The summed E-state index contributed by atoms with van der Waals surface area (Å²) < 4.78 is 12.4. The van der Waals surface area contributed by atoms with Gasteiger partial charge in [-0.15, -0.1) is 0 Å². The molecule has 0 radical (unpaired) electrons. The molecular weight excluding hydrogens is 336 g/mol. The van der Waals surface area contributed by atoms with Crippen LogP contribution in [0.4, 0.5) is 0 Å². The van der Waals surface area contributed by atoms with E-state index in [9.17, 15) is 20.4 Å². The SMILES string of the molecule is O[C@H]1[C@@H]2[C@H]([C@H](O)C=CC23Oc2cccc4cccc(c24)O3)[C@@H](O)C[C@@H]1O. The largest absolute Gasteiger partial charge is 0.448 e. The van der Waals surface area contributed by atoms with Gasteiger partial charge in [0, 0.05) is 12.3 Å². The van der Waals surface area contributed by atoms with Crippen molar-refractivity contribution in [2.24, 2.45) is 11.8 Å². The lowest BCUT2D eigenvalue weighted by atomic mass is 9.65. The van der Waals surface area contributed by atoms with Crippen molar-refractivity contribution in [1.29, 1.82) is 0 Å². The Kier molecular flexibility index (Phi) is 3.36. The van der Waals surface area contributed by atoms with Crippen LogP contribution in [0.5, 0.6) is 11.5 Å². The van der Waals surface area contributed by atoms with Crippen molar-refractivity contribution in [3.63, 3.8) is 0 Å². The Hall–Kier alpha value is -2.12. The van der Waals surface area contributed by atoms with Gasteiger partial charge in [-0.25, -0.2) is 0 Å². The molecule has 5 rings (SSSR count). The van der Waals surface area contributed by atoms with Crippen molar-refractivity contribution in [3.05, 3.63) is 48.6 Å². The smallest absolute Gasteiger partial charge is 0.277 e. The number of hydrogen-bond donors (Lipinski definition) is 4. The lowest BCUT2D eigenvalue weighted by Crippen LogP contribution is -2.66. The van der Waals surface area contributed by atoms with Crippen molar-refractivity contribution >= 4 is 10.8 Å². The molecule has 0 saturated heterocycles. The summed E-state index contributed by atoms with van der Waals surface area (Å²) in [6.07, 6.45) is -1.15. The van der Waals surface area contributed by atoms with E-state index in [4.69, 9.17) is 9.47 Å². The van der Waals surface area contributed by atoms with Gasteiger partial charge >= 0.3 is 0 Å². The van der Waals surface area contributed by atoms with Gasteiger partial charge in [0.1, 0.15) is 11.5 Å². The average Bonchev–Trinajstić information content (AvgIpc) is 2.62. The molecule has 1 heterocycles. The number of rotatable bonds is 0. The first-order valence-electron chi connectivity index (χ1n) is 8.81. The molecule has 1 aliphatic heterocycles. The molecule has 1 fully saturated rings. The van der Waals surface area contributed by atoms with E-state index in [-0.39, 0.29) is 6.42 Å². The Labute approximate surface area is 149 Å². The van der Waals surface area contributed by atoms with Gasteiger partial charge < -0.3 is 29.9 Å². The molecule has 6 nitrogen and oxygen atoms in total. The second kappa shape index (κ2) is 5.44. The third kappa shape index (κ3) is 2.07. The zero-order chi connectivity index (χ0) is 18.1. The predicted octanol–water partition coefficient (Wildman–Crippen LogP) is 0.957. The summed E-state index contributed by atoms with van der Waals surface area (Å²) >= 11 is 0. The number of fused-ring (bicyclic) bond motifs is 2. The molecule has 2 aliphatic carbocycles. The topological polar surface area (TPSA) is 99.4 Å². The van der Waals surface area contributed by atoms with E-state index in [1.54, 1.807) is 6.08 Å². The van der Waals surface area contributed by atoms with Gasteiger partial charge in [-0.05, 0) is 23.6 Å². The number of aliphatic hydroxyl groups excluding tert-OH is 4. The van der Waals surface area contributed by atoms with Crippen molar-refractivity contribution in [2.75, 3.05) is 0 Å². The average molecular weight is 356 g/mol. The van der Waals surface area contributed by atoms with Gasteiger partial charge in [0.05, 0.1) is 35.7 Å². The Bertz CT molecular complexity index is 852.